The fraction of sp³-hybridized carbons (Fsp3) is 0.545. The zero-order chi connectivity index (χ0) is 25.6. The van der Waals surface area contributed by atoms with Crippen LogP contribution in [0.2, 0.25) is 0 Å². The Balaban J connectivity index is 1.86. The van der Waals surface area contributed by atoms with Crippen LogP contribution in [0.5, 0.6) is 0 Å². The number of hydrogen-bond donors (Lipinski definition) is 3. The molecule has 0 atom stereocenters. The van der Waals surface area contributed by atoms with Crippen LogP contribution in [0.1, 0.15) is 59.7 Å². The molecule has 0 aliphatic rings. The molecule has 1 aromatic carbocycles. The summed E-state index contributed by atoms with van der Waals surface area (Å²) in [6.45, 7) is 11.1. The number of alkyl carbamates (subject to hydrolysis) is 1. The maximum atomic E-state index is 12.5. The van der Waals surface area contributed by atoms with E-state index in [0.29, 0.717) is 17.4 Å². The molecule has 3 N–H and O–H groups in total. The quantitative estimate of drug-likeness (QED) is 0.449. The summed E-state index contributed by atoms with van der Waals surface area (Å²) >= 11 is 0. The predicted molar refractivity (Wildman–Crippen MR) is 126 cm³/mol. The number of nitrogens with one attached hydrogen (secondary N) is 3. The number of aromatic nitrogens is 2. The van der Waals surface area contributed by atoms with E-state index in [0.717, 1.165) is 0 Å². The Morgan fingerprint density at radius 2 is 1.79 bits per heavy atom. The van der Waals surface area contributed by atoms with Gasteiger partial charge >= 0.3 is 6.09 Å². The van der Waals surface area contributed by atoms with Crippen molar-refractivity contribution in [3.63, 3.8) is 0 Å². The first-order chi connectivity index (χ1) is 15.7. The highest BCUT2D eigenvalue weighted by molar-refractivity contribution is 7.89. The van der Waals surface area contributed by atoms with Crippen LogP contribution in [0.4, 0.5) is 10.5 Å². The number of nitrogens with zero attached hydrogens (tertiary/aromatic N) is 2. The number of carbonyl (C=O) groups excluding carboxylic acids is 2. The molecule has 0 fully saturated rings. The first kappa shape index (κ1) is 27.3. The Bertz CT molecular complexity index is 1100. The number of anilines is 1. The molecule has 12 heteroatoms. The number of sulfonamides is 1. The first-order valence-electron chi connectivity index (χ1n) is 10.9. The van der Waals surface area contributed by atoms with Crippen molar-refractivity contribution in [3.05, 3.63) is 36.0 Å². The maximum absolute atomic E-state index is 12.5. The maximum Gasteiger partial charge on any atom is 0.407 e. The van der Waals surface area contributed by atoms with Gasteiger partial charge in [-0.1, -0.05) is 32.0 Å². The van der Waals surface area contributed by atoms with E-state index < -0.39 is 21.7 Å². The van der Waals surface area contributed by atoms with Gasteiger partial charge in [-0.05, 0) is 39.0 Å². The molecule has 1 heterocycles. The minimum Gasteiger partial charge on any atom is -0.444 e. The van der Waals surface area contributed by atoms with Crippen molar-refractivity contribution in [1.29, 1.82) is 0 Å². The minimum absolute atomic E-state index is 0.0192. The van der Waals surface area contributed by atoms with Crippen LogP contribution in [-0.2, 0) is 31.4 Å². The molecular weight excluding hydrogens is 462 g/mol. The van der Waals surface area contributed by atoms with Gasteiger partial charge in [-0.25, -0.2) is 17.9 Å². The third-order valence-corrected chi connectivity index (χ3v) is 5.68. The molecule has 34 heavy (non-hydrogen) atoms. The standard InChI is InChI=1S/C22H33N5O6S/c1-21(2,3)19-26-18(33-27-19)11-10-17(28)25-15-8-7-9-16(14-15)34(30,31)24-13-12-23-20(29)32-22(4,5)6/h7-9,14,24H,10-13H2,1-6H3,(H,23,29)(H,25,28). The lowest BCUT2D eigenvalue weighted by molar-refractivity contribution is -0.116. The summed E-state index contributed by atoms with van der Waals surface area (Å²) in [6, 6.07) is 5.87. The fourth-order valence-electron chi connectivity index (χ4n) is 2.59. The highest BCUT2D eigenvalue weighted by atomic mass is 32.2. The van der Waals surface area contributed by atoms with E-state index >= 15 is 0 Å². The Morgan fingerprint density at radius 1 is 1.09 bits per heavy atom. The van der Waals surface area contributed by atoms with Gasteiger partial charge in [-0.15, -0.1) is 0 Å². The van der Waals surface area contributed by atoms with Crippen molar-refractivity contribution in [1.82, 2.24) is 20.2 Å². The van der Waals surface area contributed by atoms with E-state index in [1.165, 1.54) is 18.2 Å². The van der Waals surface area contributed by atoms with Crippen molar-refractivity contribution < 1.29 is 27.3 Å². The summed E-state index contributed by atoms with van der Waals surface area (Å²) in [5.41, 5.74) is -0.564. The molecule has 11 nitrogen and oxygen atoms in total. The summed E-state index contributed by atoms with van der Waals surface area (Å²) < 4.78 is 37.7. The van der Waals surface area contributed by atoms with Gasteiger partial charge < -0.3 is 19.9 Å². The smallest absolute Gasteiger partial charge is 0.407 e. The van der Waals surface area contributed by atoms with Crippen LogP contribution < -0.4 is 15.4 Å². The van der Waals surface area contributed by atoms with E-state index in [1.807, 2.05) is 20.8 Å². The average molecular weight is 496 g/mol. The van der Waals surface area contributed by atoms with Crippen molar-refractivity contribution in [3.8, 4) is 0 Å². The van der Waals surface area contributed by atoms with Gasteiger partial charge in [-0.3, -0.25) is 4.79 Å². The lowest BCUT2D eigenvalue weighted by Crippen LogP contribution is -2.37. The normalized spacial score (nSPS) is 12.3. The van der Waals surface area contributed by atoms with E-state index in [2.05, 4.69) is 25.5 Å². The van der Waals surface area contributed by atoms with Crippen molar-refractivity contribution in [2.45, 2.75) is 70.3 Å². The Labute approximate surface area is 200 Å². The zero-order valence-corrected chi connectivity index (χ0v) is 21.2. The molecule has 0 aliphatic carbocycles. The zero-order valence-electron chi connectivity index (χ0n) is 20.4. The van der Waals surface area contributed by atoms with E-state index in [4.69, 9.17) is 9.26 Å². The monoisotopic (exact) mass is 495 g/mol. The number of hydrogen-bond acceptors (Lipinski definition) is 8. The Kier molecular flexibility index (Phi) is 8.78. The van der Waals surface area contributed by atoms with Crippen LogP contribution in [0.15, 0.2) is 33.7 Å². The molecule has 0 saturated carbocycles. The molecule has 1 aromatic heterocycles. The number of carbonyl (C=O) groups is 2. The van der Waals surface area contributed by atoms with Gasteiger partial charge in [0.1, 0.15) is 5.60 Å². The van der Waals surface area contributed by atoms with Crippen molar-refractivity contribution >= 4 is 27.7 Å². The molecule has 2 aromatic rings. The largest absolute Gasteiger partial charge is 0.444 e. The summed E-state index contributed by atoms with van der Waals surface area (Å²) in [6.07, 6.45) is -0.275. The number of rotatable bonds is 9. The minimum atomic E-state index is -3.84. The number of amides is 2. The Hall–Kier alpha value is -2.99. The summed E-state index contributed by atoms with van der Waals surface area (Å²) in [5.74, 6) is 0.606. The lowest BCUT2D eigenvalue weighted by Gasteiger charge is -2.19. The SMILES string of the molecule is CC(C)(C)OC(=O)NCCNS(=O)(=O)c1cccc(NC(=O)CCc2nc(C(C)(C)C)no2)c1. The number of ether oxygens (including phenoxy) is 1. The average Bonchev–Trinajstić information content (AvgIpc) is 3.18. The fourth-order valence-corrected chi connectivity index (χ4v) is 3.67. The molecule has 188 valence electrons. The van der Waals surface area contributed by atoms with Gasteiger partial charge in [-0.2, -0.15) is 4.98 Å². The third kappa shape index (κ3) is 9.10. The number of aryl methyl sites for hydroxylation is 1. The van der Waals surface area contributed by atoms with Gasteiger partial charge in [0, 0.05) is 37.0 Å². The number of benzene rings is 1. The van der Waals surface area contributed by atoms with Crippen LogP contribution in [0.3, 0.4) is 0 Å². The second kappa shape index (κ2) is 11.0. The lowest BCUT2D eigenvalue weighted by atomic mass is 9.96. The van der Waals surface area contributed by atoms with Crippen LogP contribution in [0, 0.1) is 0 Å². The molecule has 2 rings (SSSR count). The molecule has 0 saturated heterocycles. The molecule has 0 spiro atoms. The molecular formula is C22H33N5O6S. The predicted octanol–water partition coefficient (Wildman–Crippen LogP) is 2.74. The van der Waals surface area contributed by atoms with Gasteiger partial charge in [0.15, 0.2) is 5.82 Å². The highest BCUT2D eigenvalue weighted by Crippen LogP contribution is 2.19. The van der Waals surface area contributed by atoms with Crippen LogP contribution in [0.25, 0.3) is 0 Å². The third-order valence-electron chi connectivity index (χ3n) is 4.22. The second-order valence-electron chi connectivity index (χ2n) is 9.66. The summed E-state index contributed by atoms with van der Waals surface area (Å²) in [7, 11) is -3.84. The van der Waals surface area contributed by atoms with Crippen LogP contribution >= 0.6 is 0 Å². The molecule has 2 amide bonds. The van der Waals surface area contributed by atoms with Crippen LogP contribution in [-0.4, -0.2) is 49.2 Å². The first-order valence-corrected chi connectivity index (χ1v) is 12.3. The Morgan fingerprint density at radius 3 is 2.41 bits per heavy atom. The molecule has 0 radical (unpaired) electrons. The van der Waals surface area contributed by atoms with E-state index in [1.54, 1.807) is 26.8 Å². The van der Waals surface area contributed by atoms with Crippen molar-refractivity contribution in [2.75, 3.05) is 18.4 Å². The van der Waals surface area contributed by atoms with Gasteiger partial charge in [0.05, 0.1) is 4.90 Å². The van der Waals surface area contributed by atoms with E-state index in [9.17, 15) is 18.0 Å². The molecule has 0 aliphatic heterocycles. The van der Waals surface area contributed by atoms with E-state index in [-0.39, 0.29) is 42.1 Å². The highest BCUT2D eigenvalue weighted by Gasteiger charge is 2.21. The topological polar surface area (TPSA) is 153 Å². The molecule has 0 unspecified atom stereocenters. The summed E-state index contributed by atoms with van der Waals surface area (Å²) in [4.78, 5) is 28.2. The van der Waals surface area contributed by atoms with Gasteiger partial charge in [0.25, 0.3) is 0 Å². The molecule has 0 bridgehead atoms. The second-order valence-corrected chi connectivity index (χ2v) is 11.4. The summed E-state index contributed by atoms with van der Waals surface area (Å²) in [5, 5.41) is 9.07. The van der Waals surface area contributed by atoms with Crippen molar-refractivity contribution in [2.24, 2.45) is 0 Å². The van der Waals surface area contributed by atoms with Gasteiger partial charge in [0.2, 0.25) is 21.8 Å².